The highest BCUT2D eigenvalue weighted by molar-refractivity contribution is 7.10. The Labute approximate surface area is 118 Å². The molecule has 0 saturated carbocycles. The summed E-state index contributed by atoms with van der Waals surface area (Å²) in [6.07, 6.45) is 0. The Bertz CT molecular complexity index is 481. The van der Waals surface area contributed by atoms with Crippen molar-refractivity contribution in [1.82, 2.24) is 15.4 Å². The number of thiophene rings is 1. The summed E-state index contributed by atoms with van der Waals surface area (Å²) in [4.78, 5) is 3.64. The van der Waals surface area contributed by atoms with E-state index in [1.165, 1.54) is 4.88 Å². The number of rotatable bonds is 7. The minimum Gasteiger partial charge on any atom is -0.360 e. The Kier molecular flexibility index (Phi) is 5.13. The average Bonchev–Trinajstić information content (AvgIpc) is 3.06. The molecule has 0 aromatic carbocycles. The van der Waals surface area contributed by atoms with Crippen LogP contribution in [0.5, 0.6) is 0 Å². The van der Waals surface area contributed by atoms with Crippen LogP contribution in [-0.4, -0.2) is 23.6 Å². The summed E-state index contributed by atoms with van der Waals surface area (Å²) in [6.45, 7) is 6.78. The summed E-state index contributed by atoms with van der Waals surface area (Å²) in [5.74, 6) is 0.916. The van der Waals surface area contributed by atoms with Crippen LogP contribution in [0.2, 0.25) is 0 Å². The van der Waals surface area contributed by atoms with E-state index < -0.39 is 0 Å². The van der Waals surface area contributed by atoms with Crippen LogP contribution in [0.3, 0.4) is 0 Å². The van der Waals surface area contributed by atoms with Gasteiger partial charge in [-0.15, -0.1) is 11.3 Å². The Hall–Kier alpha value is -1.17. The monoisotopic (exact) mass is 279 g/mol. The van der Waals surface area contributed by atoms with E-state index in [0.29, 0.717) is 6.04 Å². The van der Waals surface area contributed by atoms with Gasteiger partial charge in [0.2, 0.25) is 0 Å². The lowest BCUT2D eigenvalue weighted by Gasteiger charge is -2.22. The molecule has 19 heavy (non-hydrogen) atoms. The molecule has 0 amide bonds. The maximum Gasteiger partial charge on any atom is 0.151 e. The summed E-state index contributed by atoms with van der Waals surface area (Å²) < 4.78 is 5.37. The molecule has 1 atom stereocenters. The molecule has 2 rings (SSSR count). The highest BCUT2D eigenvalue weighted by Crippen LogP contribution is 2.24. The maximum absolute atomic E-state index is 5.37. The zero-order chi connectivity index (χ0) is 13.7. The van der Waals surface area contributed by atoms with E-state index in [0.717, 1.165) is 31.1 Å². The first-order valence-electron chi connectivity index (χ1n) is 6.59. The van der Waals surface area contributed by atoms with E-state index in [1.807, 2.05) is 6.07 Å². The fourth-order valence-electron chi connectivity index (χ4n) is 1.90. The van der Waals surface area contributed by atoms with Gasteiger partial charge in [0.05, 0.1) is 12.2 Å². The lowest BCUT2D eigenvalue weighted by atomic mass is 10.2. The van der Waals surface area contributed by atoms with Gasteiger partial charge in [0.25, 0.3) is 0 Å². The van der Waals surface area contributed by atoms with Crippen molar-refractivity contribution >= 4 is 11.3 Å². The predicted octanol–water partition coefficient (Wildman–Crippen LogP) is 3.04. The van der Waals surface area contributed by atoms with Crippen molar-refractivity contribution in [3.63, 3.8) is 0 Å². The zero-order valence-corrected chi connectivity index (χ0v) is 12.5. The minimum absolute atomic E-state index is 0.391. The van der Waals surface area contributed by atoms with Crippen molar-refractivity contribution in [2.24, 2.45) is 0 Å². The average molecular weight is 279 g/mol. The normalized spacial score (nSPS) is 13.1. The molecule has 0 saturated heterocycles. The van der Waals surface area contributed by atoms with Crippen LogP contribution in [0.4, 0.5) is 0 Å². The molecule has 104 valence electrons. The van der Waals surface area contributed by atoms with Crippen LogP contribution < -0.4 is 5.32 Å². The van der Waals surface area contributed by atoms with E-state index in [9.17, 15) is 0 Å². The summed E-state index contributed by atoms with van der Waals surface area (Å²) in [7, 11) is 2.11. The fraction of sp³-hybridized carbons (Fsp3) is 0.500. The molecule has 0 radical (unpaired) electrons. The van der Waals surface area contributed by atoms with Crippen molar-refractivity contribution < 1.29 is 4.52 Å². The molecule has 0 aliphatic rings. The van der Waals surface area contributed by atoms with Crippen molar-refractivity contribution in [3.05, 3.63) is 39.9 Å². The SMILES string of the molecule is CCNCc1cc(CN(C)C(C)c2cccs2)on1. The molecule has 0 bridgehead atoms. The molecule has 0 fully saturated rings. The number of nitrogens with zero attached hydrogens (tertiary/aromatic N) is 2. The van der Waals surface area contributed by atoms with Crippen LogP contribution in [-0.2, 0) is 13.1 Å². The van der Waals surface area contributed by atoms with Crippen LogP contribution in [0.15, 0.2) is 28.1 Å². The molecule has 1 unspecified atom stereocenters. The first-order chi connectivity index (χ1) is 9.20. The predicted molar refractivity (Wildman–Crippen MR) is 78.1 cm³/mol. The van der Waals surface area contributed by atoms with Crippen LogP contribution in [0.25, 0.3) is 0 Å². The topological polar surface area (TPSA) is 41.3 Å². The largest absolute Gasteiger partial charge is 0.360 e. The molecule has 4 nitrogen and oxygen atoms in total. The number of hydrogen-bond donors (Lipinski definition) is 1. The third kappa shape index (κ3) is 3.89. The fourth-order valence-corrected chi connectivity index (χ4v) is 2.74. The Balaban J connectivity index is 1.91. The van der Waals surface area contributed by atoms with Gasteiger partial charge in [-0.25, -0.2) is 0 Å². The van der Waals surface area contributed by atoms with E-state index >= 15 is 0 Å². The Morgan fingerprint density at radius 2 is 2.37 bits per heavy atom. The van der Waals surface area contributed by atoms with Gasteiger partial charge in [-0.2, -0.15) is 0 Å². The second kappa shape index (κ2) is 6.84. The van der Waals surface area contributed by atoms with Crippen molar-refractivity contribution in [1.29, 1.82) is 0 Å². The van der Waals surface area contributed by atoms with Crippen LogP contribution in [0.1, 0.15) is 36.2 Å². The van der Waals surface area contributed by atoms with Gasteiger partial charge >= 0.3 is 0 Å². The summed E-state index contributed by atoms with van der Waals surface area (Å²) in [6, 6.07) is 6.68. The molecule has 1 N–H and O–H groups in total. The first-order valence-corrected chi connectivity index (χ1v) is 7.47. The molecule has 2 heterocycles. The lowest BCUT2D eigenvalue weighted by molar-refractivity contribution is 0.223. The van der Waals surface area contributed by atoms with Gasteiger partial charge < -0.3 is 9.84 Å². The number of aromatic nitrogens is 1. The van der Waals surface area contributed by atoms with Crippen molar-refractivity contribution in [2.75, 3.05) is 13.6 Å². The smallest absolute Gasteiger partial charge is 0.151 e. The molecule has 2 aromatic rings. The van der Waals surface area contributed by atoms with Gasteiger partial charge in [0.15, 0.2) is 5.76 Å². The second-order valence-electron chi connectivity index (χ2n) is 4.67. The highest BCUT2D eigenvalue weighted by Gasteiger charge is 2.15. The Morgan fingerprint density at radius 1 is 1.53 bits per heavy atom. The molecule has 0 spiro atoms. The summed E-state index contributed by atoms with van der Waals surface area (Å²) >= 11 is 1.79. The highest BCUT2D eigenvalue weighted by atomic mass is 32.1. The zero-order valence-electron chi connectivity index (χ0n) is 11.7. The maximum atomic E-state index is 5.37. The molecular formula is C14H21N3OS. The third-order valence-corrected chi connectivity index (χ3v) is 4.23. The van der Waals surface area contributed by atoms with E-state index in [4.69, 9.17) is 4.52 Å². The van der Waals surface area contributed by atoms with Gasteiger partial charge in [0, 0.05) is 23.5 Å². The minimum atomic E-state index is 0.391. The van der Waals surface area contributed by atoms with Gasteiger partial charge in [-0.05, 0) is 32.0 Å². The standard InChI is InChI=1S/C14H21N3OS/c1-4-15-9-12-8-13(18-16-12)10-17(3)11(2)14-6-5-7-19-14/h5-8,11,15H,4,9-10H2,1-3H3. The van der Waals surface area contributed by atoms with E-state index in [-0.39, 0.29) is 0 Å². The lowest BCUT2D eigenvalue weighted by Crippen LogP contribution is -2.20. The second-order valence-corrected chi connectivity index (χ2v) is 5.65. The Morgan fingerprint density at radius 3 is 3.05 bits per heavy atom. The summed E-state index contributed by atoms with van der Waals surface area (Å²) in [5, 5.41) is 9.42. The first kappa shape index (κ1) is 14.2. The van der Waals surface area contributed by atoms with E-state index in [1.54, 1.807) is 11.3 Å². The van der Waals surface area contributed by atoms with Gasteiger partial charge in [0.1, 0.15) is 0 Å². The quantitative estimate of drug-likeness (QED) is 0.846. The molecule has 5 heteroatoms. The number of hydrogen-bond acceptors (Lipinski definition) is 5. The number of nitrogens with one attached hydrogen (secondary N) is 1. The summed E-state index contributed by atoms with van der Waals surface area (Å²) in [5.41, 5.74) is 0.967. The van der Waals surface area contributed by atoms with Crippen LogP contribution in [0, 0.1) is 0 Å². The van der Waals surface area contributed by atoms with Crippen molar-refractivity contribution in [3.8, 4) is 0 Å². The molecule has 0 aliphatic heterocycles. The molecule has 0 aliphatic carbocycles. The van der Waals surface area contributed by atoms with E-state index in [2.05, 4.69) is 53.8 Å². The third-order valence-electron chi connectivity index (χ3n) is 3.19. The molecular weight excluding hydrogens is 258 g/mol. The van der Waals surface area contributed by atoms with Gasteiger partial charge in [-0.1, -0.05) is 18.1 Å². The van der Waals surface area contributed by atoms with Gasteiger partial charge in [-0.3, -0.25) is 4.90 Å². The molecule has 2 aromatic heterocycles. The van der Waals surface area contributed by atoms with Crippen LogP contribution >= 0.6 is 11.3 Å². The van der Waals surface area contributed by atoms with Crippen molar-refractivity contribution in [2.45, 2.75) is 33.0 Å².